The Kier molecular flexibility index (Phi) is 6.90. The van der Waals surface area contributed by atoms with E-state index in [0.717, 1.165) is 25.9 Å². The van der Waals surface area contributed by atoms with E-state index in [1.807, 2.05) is 27.7 Å². The number of rotatable bonds is 5. The summed E-state index contributed by atoms with van der Waals surface area (Å²) in [6, 6.07) is 0.120. The molecule has 1 rings (SSSR count). The Morgan fingerprint density at radius 2 is 1.70 bits per heavy atom. The van der Waals surface area contributed by atoms with Gasteiger partial charge >= 0.3 is 6.03 Å². The monoisotopic (exact) mass is 327 g/mol. The van der Waals surface area contributed by atoms with Gasteiger partial charge in [0.05, 0.1) is 6.10 Å². The summed E-state index contributed by atoms with van der Waals surface area (Å²) in [5.41, 5.74) is -0.134. The molecule has 0 saturated carbocycles. The van der Waals surface area contributed by atoms with Crippen LogP contribution in [0.5, 0.6) is 0 Å². The van der Waals surface area contributed by atoms with Crippen LogP contribution in [0.2, 0.25) is 0 Å². The summed E-state index contributed by atoms with van der Waals surface area (Å²) < 4.78 is 0. The third-order valence-corrected chi connectivity index (χ3v) is 4.92. The zero-order valence-corrected chi connectivity index (χ0v) is 16.1. The molecule has 5 heteroatoms. The number of hydrogen-bond acceptors (Lipinski definition) is 3. The zero-order chi connectivity index (χ0) is 17.8. The average molecular weight is 328 g/mol. The van der Waals surface area contributed by atoms with E-state index in [9.17, 15) is 9.90 Å². The molecule has 0 aliphatic carbocycles. The molecule has 1 fully saturated rings. The molecule has 5 nitrogen and oxygen atoms in total. The minimum absolute atomic E-state index is 0.122. The van der Waals surface area contributed by atoms with Crippen LogP contribution < -0.4 is 10.6 Å². The molecule has 1 heterocycles. The first-order valence-corrected chi connectivity index (χ1v) is 8.91. The smallest absolute Gasteiger partial charge is 0.315 e. The van der Waals surface area contributed by atoms with Gasteiger partial charge in [0.25, 0.3) is 0 Å². The van der Waals surface area contributed by atoms with E-state index in [0.29, 0.717) is 6.54 Å². The number of amides is 2. The summed E-state index contributed by atoms with van der Waals surface area (Å²) in [6.45, 7) is 17.2. The van der Waals surface area contributed by atoms with Crippen molar-refractivity contribution >= 4 is 6.03 Å². The molecule has 1 saturated heterocycles. The molecule has 2 amide bonds. The van der Waals surface area contributed by atoms with Gasteiger partial charge in [0.1, 0.15) is 0 Å². The fourth-order valence-electron chi connectivity index (χ4n) is 3.25. The maximum atomic E-state index is 12.1. The highest BCUT2D eigenvalue weighted by Crippen LogP contribution is 2.25. The van der Waals surface area contributed by atoms with Gasteiger partial charge in [-0.25, -0.2) is 4.79 Å². The second-order valence-electron chi connectivity index (χ2n) is 8.94. The number of aliphatic hydroxyl groups excluding tert-OH is 1. The van der Waals surface area contributed by atoms with Gasteiger partial charge in [-0.15, -0.1) is 0 Å². The topological polar surface area (TPSA) is 64.6 Å². The lowest BCUT2D eigenvalue weighted by Crippen LogP contribution is -2.53. The summed E-state index contributed by atoms with van der Waals surface area (Å²) in [7, 11) is 0. The van der Waals surface area contributed by atoms with E-state index in [1.165, 1.54) is 0 Å². The minimum Gasteiger partial charge on any atom is -0.392 e. The van der Waals surface area contributed by atoms with Crippen LogP contribution in [0.1, 0.15) is 61.3 Å². The molecule has 1 aliphatic heterocycles. The number of carbonyl (C=O) groups excluding carboxylic acids is 1. The van der Waals surface area contributed by atoms with E-state index in [2.05, 4.69) is 36.3 Å². The number of carbonyl (C=O) groups is 1. The van der Waals surface area contributed by atoms with Crippen molar-refractivity contribution in [2.75, 3.05) is 19.6 Å². The van der Waals surface area contributed by atoms with E-state index in [-0.39, 0.29) is 28.9 Å². The van der Waals surface area contributed by atoms with Gasteiger partial charge in [-0.1, -0.05) is 27.7 Å². The van der Waals surface area contributed by atoms with Gasteiger partial charge in [-0.2, -0.15) is 0 Å². The fraction of sp³-hybridized carbons (Fsp3) is 0.944. The molecule has 0 spiro atoms. The number of hydrogen-bond donors (Lipinski definition) is 3. The van der Waals surface area contributed by atoms with Crippen molar-refractivity contribution < 1.29 is 9.90 Å². The maximum absolute atomic E-state index is 12.1. The zero-order valence-electron chi connectivity index (χ0n) is 16.1. The summed E-state index contributed by atoms with van der Waals surface area (Å²) in [5, 5.41) is 16.2. The molecule has 0 radical (unpaired) electrons. The lowest BCUT2D eigenvalue weighted by Gasteiger charge is -2.41. The number of aliphatic hydroxyl groups is 1. The van der Waals surface area contributed by atoms with Crippen molar-refractivity contribution in [3.05, 3.63) is 0 Å². The van der Waals surface area contributed by atoms with Crippen LogP contribution in [0.4, 0.5) is 4.79 Å². The summed E-state index contributed by atoms with van der Waals surface area (Å²) in [6.07, 6.45) is 1.55. The molecule has 1 aliphatic rings. The van der Waals surface area contributed by atoms with E-state index in [4.69, 9.17) is 0 Å². The third kappa shape index (κ3) is 6.30. The highest BCUT2D eigenvalue weighted by atomic mass is 16.3. The summed E-state index contributed by atoms with van der Waals surface area (Å²) >= 11 is 0. The maximum Gasteiger partial charge on any atom is 0.315 e. The normalized spacial score (nSPS) is 19.7. The molecule has 0 bridgehead atoms. The van der Waals surface area contributed by atoms with Crippen LogP contribution in [0.25, 0.3) is 0 Å². The van der Waals surface area contributed by atoms with Crippen molar-refractivity contribution in [3.63, 3.8) is 0 Å². The molecule has 1 atom stereocenters. The Bertz CT molecular complexity index is 380. The first-order chi connectivity index (χ1) is 10.4. The molecule has 3 N–H and O–H groups in total. The van der Waals surface area contributed by atoms with Crippen molar-refractivity contribution in [2.45, 2.75) is 79.0 Å². The predicted molar refractivity (Wildman–Crippen MR) is 95.5 cm³/mol. The molecular weight excluding hydrogens is 290 g/mol. The van der Waals surface area contributed by atoms with Crippen LogP contribution in [-0.4, -0.2) is 53.4 Å². The Labute approximate surface area is 142 Å². The molecule has 1 unspecified atom stereocenters. The van der Waals surface area contributed by atoms with Crippen molar-refractivity contribution in [3.8, 4) is 0 Å². The van der Waals surface area contributed by atoms with Crippen molar-refractivity contribution in [2.24, 2.45) is 11.3 Å². The van der Waals surface area contributed by atoms with Gasteiger partial charge < -0.3 is 15.7 Å². The first kappa shape index (κ1) is 20.2. The number of likely N-dealkylation sites (tertiary alicyclic amines) is 1. The van der Waals surface area contributed by atoms with Crippen LogP contribution in [0.3, 0.4) is 0 Å². The van der Waals surface area contributed by atoms with E-state index >= 15 is 0 Å². The second-order valence-corrected chi connectivity index (χ2v) is 8.94. The van der Waals surface area contributed by atoms with Crippen LogP contribution in [0.15, 0.2) is 0 Å². The quantitative estimate of drug-likeness (QED) is 0.727. The minimum atomic E-state index is -0.433. The summed E-state index contributed by atoms with van der Waals surface area (Å²) in [5.74, 6) is 0.177. The van der Waals surface area contributed by atoms with Gasteiger partial charge in [0, 0.05) is 36.6 Å². The van der Waals surface area contributed by atoms with E-state index < -0.39 is 6.10 Å². The number of urea groups is 1. The molecule has 0 aromatic heterocycles. The summed E-state index contributed by atoms with van der Waals surface area (Å²) in [4.78, 5) is 14.6. The standard InChI is InChI=1S/C18H37N3O2/c1-13(2)15(22)18(6,7)12-19-16(23)20-14-8-10-21(11-9-14)17(3,4)5/h13-15,22H,8-12H2,1-7H3,(H2,19,20,23). The lowest BCUT2D eigenvalue weighted by molar-refractivity contribution is 0.0150. The second kappa shape index (κ2) is 7.84. The molecule has 136 valence electrons. The predicted octanol–water partition coefficient (Wildman–Crippen LogP) is 2.59. The Morgan fingerprint density at radius 3 is 2.13 bits per heavy atom. The highest BCUT2D eigenvalue weighted by Gasteiger charge is 2.31. The number of nitrogens with one attached hydrogen (secondary N) is 2. The molecule has 0 aromatic carbocycles. The fourth-order valence-corrected chi connectivity index (χ4v) is 3.25. The van der Waals surface area contributed by atoms with Crippen molar-refractivity contribution in [1.82, 2.24) is 15.5 Å². The van der Waals surface area contributed by atoms with Gasteiger partial charge in [0.2, 0.25) is 0 Å². The largest absolute Gasteiger partial charge is 0.392 e. The van der Waals surface area contributed by atoms with Crippen molar-refractivity contribution in [1.29, 1.82) is 0 Å². The van der Waals surface area contributed by atoms with Crippen LogP contribution in [-0.2, 0) is 0 Å². The SMILES string of the molecule is CC(C)C(O)C(C)(C)CNC(=O)NC1CCN(C(C)(C)C)CC1. The Balaban J connectivity index is 2.36. The molecular formula is C18H37N3O2. The average Bonchev–Trinajstić information content (AvgIpc) is 2.44. The molecule has 23 heavy (non-hydrogen) atoms. The lowest BCUT2D eigenvalue weighted by atomic mass is 9.81. The molecule has 0 aromatic rings. The first-order valence-electron chi connectivity index (χ1n) is 8.91. The van der Waals surface area contributed by atoms with E-state index in [1.54, 1.807) is 0 Å². The highest BCUT2D eigenvalue weighted by molar-refractivity contribution is 5.74. The van der Waals surface area contributed by atoms with Gasteiger partial charge in [0.15, 0.2) is 0 Å². The Hall–Kier alpha value is -0.810. The third-order valence-electron chi connectivity index (χ3n) is 4.92. The number of nitrogens with zero attached hydrogens (tertiary/aromatic N) is 1. The Morgan fingerprint density at radius 1 is 1.17 bits per heavy atom. The van der Waals surface area contributed by atoms with Crippen LogP contribution in [0, 0.1) is 11.3 Å². The number of piperidine rings is 1. The van der Waals surface area contributed by atoms with Crippen LogP contribution >= 0.6 is 0 Å². The van der Waals surface area contributed by atoms with Gasteiger partial charge in [-0.05, 0) is 39.5 Å². The van der Waals surface area contributed by atoms with Gasteiger partial charge in [-0.3, -0.25) is 4.90 Å².